The van der Waals surface area contributed by atoms with Crippen LogP contribution in [0, 0.1) is 0 Å². The normalized spacial score (nSPS) is 18.3. The van der Waals surface area contributed by atoms with Crippen LogP contribution >= 0.6 is 11.6 Å². The van der Waals surface area contributed by atoms with Crippen molar-refractivity contribution in [2.75, 3.05) is 13.7 Å². The zero-order valence-corrected chi connectivity index (χ0v) is 12.1. The van der Waals surface area contributed by atoms with Gasteiger partial charge in [0.25, 0.3) is 0 Å². The fraction of sp³-hybridized carbons (Fsp3) is 0.400. The average Bonchev–Trinajstić information content (AvgIpc) is 2.38. The zero-order valence-electron chi connectivity index (χ0n) is 11.3. The highest BCUT2D eigenvalue weighted by molar-refractivity contribution is 6.30. The maximum atomic E-state index is 11.8. The van der Waals surface area contributed by atoms with Gasteiger partial charge in [-0.25, -0.2) is 4.79 Å². The van der Waals surface area contributed by atoms with E-state index < -0.39 is 0 Å². The van der Waals surface area contributed by atoms with Crippen LogP contribution in [0.15, 0.2) is 29.8 Å². The summed E-state index contributed by atoms with van der Waals surface area (Å²) in [4.78, 5) is 11.8. The number of carbonyl (C=O) groups is 1. The topological polar surface area (TPSA) is 35.5 Å². The van der Waals surface area contributed by atoms with Crippen molar-refractivity contribution in [2.24, 2.45) is 0 Å². The van der Waals surface area contributed by atoms with Gasteiger partial charge in [0.15, 0.2) is 0 Å². The summed E-state index contributed by atoms with van der Waals surface area (Å²) in [6, 6.07) is 7.48. The predicted octanol–water partition coefficient (Wildman–Crippen LogP) is 3.47. The highest BCUT2D eigenvalue weighted by atomic mass is 35.5. The first-order valence-electron chi connectivity index (χ1n) is 6.13. The van der Waals surface area contributed by atoms with Crippen LogP contribution in [-0.4, -0.2) is 25.3 Å². The molecule has 3 nitrogen and oxygen atoms in total. The van der Waals surface area contributed by atoms with Crippen LogP contribution in [-0.2, 0) is 14.3 Å². The van der Waals surface area contributed by atoms with Gasteiger partial charge in [-0.05, 0) is 37.1 Å². The number of hydrogen-bond acceptors (Lipinski definition) is 3. The molecule has 0 bridgehead atoms. The van der Waals surface area contributed by atoms with Crippen molar-refractivity contribution in [1.29, 1.82) is 0 Å². The molecule has 0 aromatic heterocycles. The largest absolute Gasteiger partial charge is 0.466 e. The number of ether oxygens (including phenoxy) is 2. The molecule has 0 amide bonds. The van der Waals surface area contributed by atoms with Crippen molar-refractivity contribution in [3.05, 3.63) is 40.4 Å². The Balaban J connectivity index is 2.47. The second-order valence-corrected chi connectivity index (χ2v) is 5.62. The Hall–Kier alpha value is -1.32. The summed E-state index contributed by atoms with van der Waals surface area (Å²) in [5, 5.41) is 0.676. The molecule has 2 rings (SSSR count). The molecule has 0 radical (unpaired) electrons. The number of hydrogen-bond donors (Lipinski definition) is 0. The first-order valence-corrected chi connectivity index (χ1v) is 6.51. The number of rotatable bonds is 2. The molecule has 0 saturated heterocycles. The lowest BCUT2D eigenvalue weighted by Gasteiger charge is -2.33. The lowest BCUT2D eigenvalue weighted by molar-refractivity contribution is -0.137. The van der Waals surface area contributed by atoms with Gasteiger partial charge in [-0.3, -0.25) is 0 Å². The van der Waals surface area contributed by atoms with E-state index in [9.17, 15) is 4.79 Å². The van der Waals surface area contributed by atoms with Crippen molar-refractivity contribution >= 4 is 23.1 Å². The first kappa shape index (κ1) is 14.1. The minimum atomic E-state index is -0.333. The number of esters is 1. The Morgan fingerprint density at radius 1 is 1.32 bits per heavy atom. The number of methoxy groups -OCH3 is 1. The molecule has 1 aliphatic rings. The van der Waals surface area contributed by atoms with E-state index >= 15 is 0 Å². The fourth-order valence-electron chi connectivity index (χ4n) is 2.17. The van der Waals surface area contributed by atoms with Gasteiger partial charge in [-0.2, -0.15) is 0 Å². The summed E-state index contributed by atoms with van der Waals surface area (Å²) in [5.41, 5.74) is 2.26. The molecule has 0 N–H and O–H groups in total. The van der Waals surface area contributed by atoms with Crippen LogP contribution in [0.4, 0.5) is 0 Å². The standard InChI is InChI=1S/C15H17ClO3/c1-15(2)8-12(10-4-6-11(16)7-5-10)13(9-19-15)14(17)18-3/h4-7H,8-9H2,1-3H3. The van der Waals surface area contributed by atoms with Crippen molar-refractivity contribution in [3.8, 4) is 0 Å². The molecule has 0 unspecified atom stereocenters. The van der Waals surface area contributed by atoms with E-state index in [0.717, 1.165) is 11.1 Å². The second-order valence-electron chi connectivity index (χ2n) is 5.18. The number of halogens is 1. The minimum absolute atomic E-state index is 0.275. The van der Waals surface area contributed by atoms with Crippen LogP contribution in [0.5, 0.6) is 0 Å². The third-order valence-corrected chi connectivity index (χ3v) is 3.45. The summed E-state index contributed by atoms with van der Waals surface area (Å²) in [6.07, 6.45) is 0.666. The van der Waals surface area contributed by atoms with Crippen molar-refractivity contribution in [2.45, 2.75) is 25.9 Å². The van der Waals surface area contributed by atoms with E-state index in [-0.39, 0.29) is 18.2 Å². The molecule has 1 aliphatic heterocycles. The molecule has 0 atom stereocenters. The summed E-state index contributed by atoms with van der Waals surface area (Å²) in [7, 11) is 1.38. The van der Waals surface area contributed by atoms with Gasteiger partial charge in [0, 0.05) is 11.4 Å². The Morgan fingerprint density at radius 3 is 2.53 bits per heavy atom. The molecular weight excluding hydrogens is 264 g/mol. The monoisotopic (exact) mass is 280 g/mol. The van der Waals surface area contributed by atoms with E-state index in [1.165, 1.54) is 7.11 Å². The molecule has 19 heavy (non-hydrogen) atoms. The number of benzene rings is 1. The molecule has 0 fully saturated rings. The van der Waals surface area contributed by atoms with Gasteiger partial charge >= 0.3 is 5.97 Å². The van der Waals surface area contributed by atoms with E-state index in [1.54, 1.807) is 0 Å². The smallest absolute Gasteiger partial charge is 0.336 e. The van der Waals surface area contributed by atoms with Crippen molar-refractivity contribution in [1.82, 2.24) is 0 Å². The Morgan fingerprint density at radius 2 is 1.95 bits per heavy atom. The summed E-state index contributed by atoms with van der Waals surface area (Å²) in [5.74, 6) is -0.333. The highest BCUT2D eigenvalue weighted by Crippen LogP contribution is 2.35. The van der Waals surface area contributed by atoms with Crippen LogP contribution in [0.2, 0.25) is 5.02 Å². The predicted molar refractivity (Wildman–Crippen MR) is 75.0 cm³/mol. The molecule has 1 heterocycles. The first-order chi connectivity index (χ1) is 8.93. The molecule has 4 heteroatoms. The van der Waals surface area contributed by atoms with Crippen LogP contribution in [0.1, 0.15) is 25.8 Å². The second kappa shape index (κ2) is 5.35. The van der Waals surface area contributed by atoms with Crippen LogP contribution in [0.25, 0.3) is 5.57 Å². The van der Waals surface area contributed by atoms with Gasteiger partial charge in [-0.15, -0.1) is 0 Å². The van der Waals surface area contributed by atoms with Crippen molar-refractivity contribution in [3.63, 3.8) is 0 Å². The maximum Gasteiger partial charge on any atom is 0.336 e. The molecule has 0 aliphatic carbocycles. The summed E-state index contributed by atoms with van der Waals surface area (Å²) >= 11 is 5.90. The van der Waals surface area contributed by atoms with Gasteiger partial charge in [0.05, 0.1) is 24.9 Å². The molecule has 1 aromatic rings. The SMILES string of the molecule is COC(=O)C1=C(c2ccc(Cl)cc2)CC(C)(C)OC1. The molecule has 102 valence electrons. The Bertz CT molecular complexity index is 515. The lowest BCUT2D eigenvalue weighted by atomic mass is 9.87. The van der Waals surface area contributed by atoms with Gasteiger partial charge in [-0.1, -0.05) is 23.7 Å². The van der Waals surface area contributed by atoms with Gasteiger partial charge in [0.2, 0.25) is 0 Å². The average molecular weight is 281 g/mol. The lowest BCUT2D eigenvalue weighted by Crippen LogP contribution is -2.32. The van der Waals surface area contributed by atoms with Gasteiger partial charge in [0.1, 0.15) is 0 Å². The fourth-order valence-corrected chi connectivity index (χ4v) is 2.30. The van der Waals surface area contributed by atoms with Gasteiger partial charge < -0.3 is 9.47 Å². The third kappa shape index (κ3) is 3.17. The molecule has 0 saturated carbocycles. The summed E-state index contributed by atoms with van der Waals surface area (Å²) < 4.78 is 10.5. The maximum absolute atomic E-state index is 11.8. The highest BCUT2D eigenvalue weighted by Gasteiger charge is 2.31. The van der Waals surface area contributed by atoms with Crippen molar-refractivity contribution < 1.29 is 14.3 Å². The van der Waals surface area contributed by atoms with E-state index in [4.69, 9.17) is 21.1 Å². The molecule has 1 aromatic carbocycles. The Kier molecular flexibility index (Phi) is 3.97. The number of carbonyl (C=O) groups excluding carboxylic acids is 1. The summed E-state index contributed by atoms with van der Waals surface area (Å²) in [6.45, 7) is 4.30. The zero-order chi connectivity index (χ0) is 14.0. The van der Waals surface area contributed by atoms with Crippen LogP contribution < -0.4 is 0 Å². The molecule has 0 spiro atoms. The van der Waals surface area contributed by atoms with E-state index in [0.29, 0.717) is 17.0 Å². The minimum Gasteiger partial charge on any atom is -0.466 e. The Labute approximate surface area is 118 Å². The third-order valence-electron chi connectivity index (χ3n) is 3.20. The molecular formula is C15H17ClO3. The van der Waals surface area contributed by atoms with E-state index in [1.807, 2.05) is 38.1 Å². The van der Waals surface area contributed by atoms with E-state index in [2.05, 4.69) is 0 Å². The quantitative estimate of drug-likeness (QED) is 0.778. The van der Waals surface area contributed by atoms with Crippen LogP contribution in [0.3, 0.4) is 0 Å².